The molecule has 3 heteroatoms. The van der Waals surface area contributed by atoms with Crippen molar-refractivity contribution in [3.8, 4) is 5.75 Å². The monoisotopic (exact) mass is 332 g/mol. The van der Waals surface area contributed by atoms with Gasteiger partial charge in [0.25, 0.3) is 0 Å². The molecule has 0 atom stereocenters. The lowest BCUT2D eigenvalue weighted by Crippen LogP contribution is -2.05. The van der Waals surface area contributed by atoms with Gasteiger partial charge in [0, 0.05) is 11.1 Å². The minimum atomic E-state index is 0.0370. The quantitative estimate of drug-likeness (QED) is 0.759. The van der Waals surface area contributed by atoms with Gasteiger partial charge in [-0.15, -0.1) is 0 Å². The van der Waals surface area contributed by atoms with Crippen LogP contribution in [-0.4, -0.2) is 12.4 Å². The Kier molecular flexibility index (Phi) is 4.61. The predicted octanol–water partition coefficient (Wildman–Crippen LogP) is 4.70. The van der Waals surface area contributed by atoms with Crippen molar-refractivity contribution < 1.29 is 9.53 Å². The van der Waals surface area contributed by atoms with Crippen molar-refractivity contribution in [2.45, 2.75) is 20.8 Å². The fourth-order valence-electron chi connectivity index (χ4n) is 2.07. The average Bonchev–Trinajstić information content (AvgIpc) is 2.43. The van der Waals surface area contributed by atoms with Gasteiger partial charge in [-0.2, -0.15) is 0 Å². The second-order valence-corrected chi connectivity index (χ2v) is 5.51. The highest BCUT2D eigenvalue weighted by molar-refractivity contribution is 9.10. The first kappa shape index (κ1) is 14.8. The summed E-state index contributed by atoms with van der Waals surface area (Å²) < 4.78 is 6.26. The van der Waals surface area contributed by atoms with E-state index < -0.39 is 0 Å². The number of carbonyl (C=O) groups is 1. The average molecular weight is 333 g/mol. The zero-order chi connectivity index (χ0) is 14.7. The highest BCUT2D eigenvalue weighted by atomic mass is 79.9. The summed E-state index contributed by atoms with van der Waals surface area (Å²) in [5, 5.41) is 0. The summed E-state index contributed by atoms with van der Waals surface area (Å²) in [5.74, 6) is 0.792. The molecule has 0 N–H and O–H groups in total. The molecule has 0 bridgehead atoms. The third-order valence-electron chi connectivity index (χ3n) is 3.34. The molecule has 0 saturated carbocycles. The second kappa shape index (κ2) is 6.23. The number of hydrogen-bond donors (Lipinski definition) is 0. The molecule has 0 radical (unpaired) electrons. The van der Waals surface area contributed by atoms with E-state index in [1.54, 1.807) is 6.07 Å². The van der Waals surface area contributed by atoms with Gasteiger partial charge in [0.2, 0.25) is 0 Å². The van der Waals surface area contributed by atoms with E-state index in [9.17, 15) is 4.79 Å². The fourth-order valence-corrected chi connectivity index (χ4v) is 2.56. The zero-order valence-electron chi connectivity index (χ0n) is 11.9. The zero-order valence-corrected chi connectivity index (χ0v) is 13.5. The Bertz CT molecular complexity index is 647. The van der Waals surface area contributed by atoms with E-state index in [1.165, 1.54) is 0 Å². The SMILES string of the molecule is CCOc1ccc(C(=O)c2cccc(C)c2C)cc1Br. The highest BCUT2D eigenvalue weighted by Gasteiger charge is 2.14. The molecule has 0 spiro atoms. The van der Waals surface area contributed by atoms with Crippen molar-refractivity contribution in [2.24, 2.45) is 0 Å². The molecule has 0 fully saturated rings. The lowest BCUT2D eigenvalue weighted by Gasteiger charge is -2.10. The van der Waals surface area contributed by atoms with Gasteiger partial charge in [-0.1, -0.05) is 18.2 Å². The molecule has 0 aromatic heterocycles. The summed E-state index contributed by atoms with van der Waals surface area (Å²) in [6, 6.07) is 11.2. The summed E-state index contributed by atoms with van der Waals surface area (Å²) in [5.41, 5.74) is 3.57. The Balaban J connectivity index is 2.39. The van der Waals surface area contributed by atoms with Gasteiger partial charge in [0.15, 0.2) is 5.78 Å². The number of hydrogen-bond acceptors (Lipinski definition) is 2. The molecular weight excluding hydrogens is 316 g/mol. The topological polar surface area (TPSA) is 26.3 Å². The molecule has 2 aromatic carbocycles. The van der Waals surface area contributed by atoms with Crippen LogP contribution in [0.25, 0.3) is 0 Å². The molecule has 0 aliphatic heterocycles. The normalized spacial score (nSPS) is 10.4. The Morgan fingerprint density at radius 2 is 1.95 bits per heavy atom. The Morgan fingerprint density at radius 3 is 2.60 bits per heavy atom. The predicted molar refractivity (Wildman–Crippen MR) is 84.7 cm³/mol. The van der Waals surface area contributed by atoms with Crippen LogP contribution >= 0.6 is 15.9 Å². The van der Waals surface area contributed by atoms with Gasteiger partial charge >= 0.3 is 0 Å². The number of carbonyl (C=O) groups excluding carboxylic acids is 1. The summed E-state index contributed by atoms with van der Waals surface area (Å²) >= 11 is 3.44. The van der Waals surface area contributed by atoms with E-state index in [-0.39, 0.29) is 5.78 Å². The third kappa shape index (κ3) is 2.93. The van der Waals surface area contributed by atoms with E-state index in [1.807, 2.05) is 51.1 Å². The Labute approximate surface area is 127 Å². The molecule has 0 aliphatic rings. The van der Waals surface area contributed by atoms with Crippen molar-refractivity contribution in [3.63, 3.8) is 0 Å². The van der Waals surface area contributed by atoms with Crippen LogP contribution in [0, 0.1) is 13.8 Å². The van der Waals surface area contributed by atoms with Gasteiger partial charge in [-0.05, 0) is 66.0 Å². The van der Waals surface area contributed by atoms with Crippen LogP contribution in [0.2, 0.25) is 0 Å². The molecule has 0 saturated heterocycles. The number of halogens is 1. The van der Waals surface area contributed by atoms with Crippen molar-refractivity contribution in [1.82, 2.24) is 0 Å². The maximum atomic E-state index is 12.6. The number of rotatable bonds is 4. The number of ketones is 1. The minimum absolute atomic E-state index is 0.0370. The second-order valence-electron chi connectivity index (χ2n) is 4.65. The first-order chi connectivity index (χ1) is 9.54. The van der Waals surface area contributed by atoms with Gasteiger partial charge in [-0.3, -0.25) is 4.79 Å². The van der Waals surface area contributed by atoms with Gasteiger partial charge in [-0.25, -0.2) is 0 Å². The molecule has 0 heterocycles. The summed E-state index contributed by atoms with van der Waals surface area (Å²) in [6.45, 7) is 6.52. The summed E-state index contributed by atoms with van der Waals surface area (Å²) in [6.07, 6.45) is 0. The Morgan fingerprint density at radius 1 is 1.20 bits per heavy atom. The van der Waals surface area contributed by atoms with Crippen LogP contribution < -0.4 is 4.74 Å². The standard InChI is InChI=1S/C17H17BrO2/c1-4-20-16-9-8-13(10-15(16)18)17(19)14-7-5-6-11(2)12(14)3/h5-10H,4H2,1-3H3. The van der Waals surface area contributed by atoms with Crippen LogP contribution in [0.1, 0.15) is 34.0 Å². The van der Waals surface area contributed by atoms with E-state index in [2.05, 4.69) is 15.9 Å². The Hall–Kier alpha value is -1.61. The first-order valence-corrected chi connectivity index (χ1v) is 7.37. The molecule has 0 aliphatic carbocycles. The van der Waals surface area contributed by atoms with Crippen molar-refractivity contribution in [2.75, 3.05) is 6.61 Å². The molecule has 0 unspecified atom stereocenters. The van der Waals surface area contributed by atoms with Crippen LogP contribution in [0.3, 0.4) is 0 Å². The maximum Gasteiger partial charge on any atom is 0.193 e. The first-order valence-electron chi connectivity index (χ1n) is 6.58. The molecule has 2 aromatic rings. The minimum Gasteiger partial charge on any atom is -0.493 e. The largest absolute Gasteiger partial charge is 0.493 e. The lowest BCUT2D eigenvalue weighted by atomic mass is 9.96. The molecule has 104 valence electrons. The van der Waals surface area contributed by atoms with Crippen LogP contribution in [-0.2, 0) is 0 Å². The molecule has 0 amide bonds. The molecule has 20 heavy (non-hydrogen) atoms. The fraction of sp³-hybridized carbons (Fsp3) is 0.235. The van der Waals surface area contributed by atoms with Crippen molar-refractivity contribution >= 4 is 21.7 Å². The van der Waals surface area contributed by atoms with E-state index >= 15 is 0 Å². The van der Waals surface area contributed by atoms with Crippen LogP contribution in [0.15, 0.2) is 40.9 Å². The maximum absolute atomic E-state index is 12.6. The number of aryl methyl sites for hydroxylation is 1. The van der Waals surface area contributed by atoms with Gasteiger partial charge in [0.05, 0.1) is 11.1 Å². The van der Waals surface area contributed by atoms with Gasteiger partial charge in [0.1, 0.15) is 5.75 Å². The van der Waals surface area contributed by atoms with Gasteiger partial charge < -0.3 is 4.74 Å². The van der Waals surface area contributed by atoms with E-state index in [0.29, 0.717) is 12.2 Å². The summed E-state index contributed by atoms with van der Waals surface area (Å²) in [7, 11) is 0. The van der Waals surface area contributed by atoms with E-state index in [0.717, 1.165) is 26.9 Å². The number of benzene rings is 2. The molecular formula is C17H17BrO2. The molecule has 2 nitrogen and oxygen atoms in total. The van der Waals surface area contributed by atoms with Crippen molar-refractivity contribution in [3.05, 3.63) is 63.1 Å². The molecule has 2 rings (SSSR count). The highest BCUT2D eigenvalue weighted by Crippen LogP contribution is 2.27. The van der Waals surface area contributed by atoms with Crippen LogP contribution in [0.5, 0.6) is 5.75 Å². The smallest absolute Gasteiger partial charge is 0.193 e. The lowest BCUT2D eigenvalue weighted by molar-refractivity contribution is 0.103. The van der Waals surface area contributed by atoms with E-state index in [4.69, 9.17) is 4.74 Å². The summed E-state index contributed by atoms with van der Waals surface area (Å²) in [4.78, 5) is 12.6. The van der Waals surface area contributed by atoms with Crippen LogP contribution in [0.4, 0.5) is 0 Å². The third-order valence-corrected chi connectivity index (χ3v) is 3.96. The van der Waals surface area contributed by atoms with Crippen molar-refractivity contribution in [1.29, 1.82) is 0 Å². The number of ether oxygens (including phenoxy) is 1.